The molecule has 0 bridgehead atoms. The Kier molecular flexibility index (Phi) is 4.79. The number of nitrogens with one attached hydrogen (secondary N) is 1. The first-order chi connectivity index (χ1) is 7.65. The van der Waals surface area contributed by atoms with E-state index >= 15 is 0 Å². The van der Waals surface area contributed by atoms with Gasteiger partial charge < -0.3 is 15.0 Å². The Morgan fingerprint density at radius 3 is 2.69 bits per heavy atom. The monoisotopic (exact) mass is 222 g/mol. The van der Waals surface area contributed by atoms with Gasteiger partial charge in [-0.1, -0.05) is 18.2 Å². The molecule has 1 aromatic rings. The van der Waals surface area contributed by atoms with Crippen LogP contribution in [0.2, 0.25) is 0 Å². The van der Waals surface area contributed by atoms with Crippen molar-refractivity contribution in [3.8, 4) is 5.75 Å². The summed E-state index contributed by atoms with van der Waals surface area (Å²) in [6.45, 7) is 0.806. The highest BCUT2D eigenvalue weighted by Crippen LogP contribution is 2.17. The number of carbonyl (C=O) groups is 1. The van der Waals surface area contributed by atoms with Crippen molar-refractivity contribution in [2.24, 2.45) is 0 Å². The van der Waals surface area contributed by atoms with Crippen LogP contribution in [-0.2, 0) is 11.3 Å². The van der Waals surface area contributed by atoms with Gasteiger partial charge >= 0.3 is 0 Å². The van der Waals surface area contributed by atoms with Gasteiger partial charge in [0.05, 0.1) is 0 Å². The van der Waals surface area contributed by atoms with Gasteiger partial charge in [-0.3, -0.25) is 4.79 Å². The lowest BCUT2D eigenvalue weighted by atomic mass is 10.2. The van der Waals surface area contributed by atoms with Gasteiger partial charge in [-0.05, 0) is 13.1 Å². The fraction of sp³-hybridized carbons (Fsp3) is 0.417. The molecule has 1 amide bonds. The number of carbonyl (C=O) groups excluding carboxylic acids is 1. The maximum atomic E-state index is 11.4. The molecule has 4 heteroatoms. The van der Waals surface area contributed by atoms with Gasteiger partial charge in [0, 0.05) is 26.2 Å². The Labute approximate surface area is 96.2 Å². The molecule has 1 N–H and O–H groups in total. The van der Waals surface area contributed by atoms with Crippen molar-refractivity contribution in [2.45, 2.75) is 6.54 Å². The maximum Gasteiger partial charge on any atom is 0.259 e. The predicted molar refractivity (Wildman–Crippen MR) is 63.4 cm³/mol. The molecule has 0 unspecified atom stereocenters. The second-order valence-electron chi connectivity index (χ2n) is 3.71. The third kappa shape index (κ3) is 3.55. The largest absolute Gasteiger partial charge is 0.483 e. The van der Waals surface area contributed by atoms with Gasteiger partial charge in [-0.15, -0.1) is 0 Å². The minimum atomic E-state index is -0.0424. The third-order valence-electron chi connectivity index (χ3n) is 2.19. The van der Waals surface area contributed by atoms with Crippen LogP contribution >= 0.6 is 0 Å². The number of likely N-dealkylation sites (N-methyl/N-ethyl adjacent to an activating group) is 1. The van der Waals surface area contributed by atoms with Crippen LogP contribution in [0.5, 0.6) is 5.75 Å². The molecule has 0 aromatic heterocycles. The van der Waals surface area contributed by atoms with Crippen molar-refractivity contribution in [3.05, 3.63) is 29.8 Å². The van der Waals surface area contributed by atoms with Crippen LogP contribution in [0.1, 0.15) is 5.56 Å². The lowest BCUT2D eigenvalue weighted by Crippen LogP contribution is -2.27. The molecule has 88 valence electrons. The van der Waals surface area contributed by atoms with Crippen LogP contribution in [0, 0.1) is 0 Å². The van der Waals surface area contributed by atoms with Crippen molar-refractivity contribution in [1.82, 2.24) is 10.2 Å². The number of hydrogen-bond donors (Lipinski definition) is 1. The van der Waals surface area contributed by atoms with Gasteiger partial charge in [0.25, 0.3) is 5.91 Å². The highest BCUT2D eigenvalue weighted by molar-refractivity contribution is 5.77. The molecular weight excluding hydrogens is 204 g/mol. The number of benzene rings is 1. The second kappa shape index (κ2) is 6.12. The molecule has 0 saturated carbocycles. The Morgan fingerprint density at radius 2 is 2.06 bits per heavy atom. The van der Waals surface area contributed by atoms with E-state index in [1.807, 2.05) is 31.3 Å². The molecule has 0 aliphatic carbocycles. The van der Waals surface area contributed by atoms with E-state index in [1.54, 1.807) is 14.1 Å². The summed E-state index contributed by atoms with van der Waals surface area (Å²) in [4.78, 5) is 12.9. The SMILES string of the molecule is CNCc1ccccc1OCC(=O)N(C)C. The summed E-state index contributed by atoms with van der Waals surface area (Å²) >= 11 is 0. The molecule has 0 atom stereocenters. The second-order valence-corrected chi connectivity index (χ2v) is 3.71. The van der Waals surface area contributed by atoms with Crippen LogP contribution in [0.25, 0.3) is 0 Å². The van der Waals surface area contributed by atoms with E-state index in [4.69, 9.17) is 4.74 Å². The Morgan fingerprint density at radius 1 is 1.38 bits per heavy atom. The predicted octanol–water partition coefficient (Wildman–Crippen LogP) is 0.873. The van der Waals surface area contributed by atoms with E-state index in [9.17, 15) is 4.79 Å². The number of amides is 1. The van der Waals surface area contributed by atoms with Crippen molar-refractivity contribution in [2.75, 3.05) is 27.7 Å². The molecule has 1 aromatic carbocycles. The van der Waals surface area contributed by atoms with E-state index in [1.165, 1.54) is 4.90 Å². The Bertz CT molecular complexity index is 351. The molecule has 0 heterocycles. The van der Waals surface area contributed by atoms with E-state index in [0.717, 1.165) is 17.9 Å². The first-order valence-corrected chi connectivity index (χ1v) is 5.20. The van der Waals surface area contributed by atoms with E-state index in [0.29, 0.717) is 0 Å². The topological polar surface area (TPSA) is 41.6 Å². The zero-order valence-corrected chi connectivity index (χ0v) is 9.99. The number of rotatable bonds is 5. The highest BCUT2D eigenvalue weighted by atomic mass is 16.5. The van der Waals surface area contributed by atoms with Crippen LogP contribution < -0.4 is 10.1 Å². The summed E-state index contributed by atoms with van der Waals surface area (Å²) in [5, 5.41) is 3.06. The minimum Gasteiger partial charge on any atom is -0.483 e. The summed E-state index contributed by atoms with van der Waals surface area (Å²) in [5.74, 6) is 0.714. The third-order valence-corrected chi connectivity index (χ3v) is 2.19. The molecular formula is C12H18N2O2. The van der Waals surface area contributed by atoms with E-state index in [2.05, 4.69) is 5.32 Å². The summed E-state index contributed by atoms with van der Waals surface area (Å²) in [7, 11) is 5.30. The first kappa shape index (κ1) is 12.5. The molecule has 0 aliphatic rings. The molecule has 0 fully saturated rings. The Balaban J connectivity index is 2.62. The van der Waals surface area contributed by atoms with Gasteiger partial charge in [0.1, 0.15) is 5.75 Å². The number of hydrogen-bond acceptors (Lipinski definition) is 3. The minimum absolute atomic E-state index is 0.0424. The van der Waals surface area contributed by atoms with Gasteiger partial charge in [0.2, 0.25) is 0 Å². The standard InChI is InChI=1S/C12H18N2O2/c1-13-8-10-6-4-5-7-11(10)16-9-12(15)14(2)3/h4-7,13H,8-9H2,1-3H3. The zero-order valence-electron chi connectivity index (χ0n) is 9.99. The molecule has 0 saturated heterocycles. The lowest BCUT2D eigenvalue weighted by Gasteiger charge is -2.13. The van der Waals surface area contributed by atoms with Crippen LogP contribution in [0.3, 0.4) is 0 Å². The normalized spacial score (nSPS) is 9.94. The first-order valence-electron chi connectivity index (χ1n) is 5.20. The molecule has 0 aliphatic heterocycles. The van der Waals surface area contributed by atoms with Crippen molar-refractivity contribution in [3.63, 3.8) is 0 Å². The van der Waals surface area contributed by atoms with Gasteiger partial charge in [-0.25, -0.2) is 0 Å². The number of para-hydroxylation sites is 1. The summed E-state index contributed by atoms with van der Waals surface area (Å²) in [6, 6.07) is 7.70. The molecule has 1 rings (SSSR count). The molecule has 0 radical (unpaired) electrons. The fourth-order valence-corrected chi connectivity index (χ4v) is 1.25. The quantitative estimate of drug-likeness (QED) is 0.804. The molecule has 4 nitrogen and oxygen atoms in total. The number of ether oxygens (including phenoxy) is 1. The van der Waals surface area contributed by atoms with Crippen molar-refractivity contribution < 1.29 is 9.53 Å². The summed E-state index contributed by atoms with van der Waals surface area (Å²) < 4.78 is 5.48. The number of nitrogens with zero attached hydrogens (tertiary/aromatic N) is 1. The van der Waals surface area contributed by atoms with E-state index in [-0.39, 0.29) is 12.5 Å². The fourth-order valence-electron chi connectivity index (χ4n) is 1.25. The van der Waals surface area contributed by atoms with E-state index < -0.39 is 0 Å². The molecule has 16 heavy (non-hydrogen) atoms. The lowest BCUT2D eigenvalue weighted by molar-refractivity contribution is -0.130. The van der Waals surface area contributed by atoms with Gasteiger partial charge in [0.15, 0.2) is 6.61 Å². The smallest absolute Gasteiger partial charge is 0.259 e. The highest BCUT2D eigenvalue weighted by Gasteiger charge is 2.07. The van der Waals surface area contributed by atoms with Crippen molar-refractivity contribution in [1.29, 1.82) is 0 Å². The zero-order chi connectivity index (χ0) is 12.0. The summed E-state index contributed by atoms with van der Waals surface area (Å²) in [6.07, 6.45) is 0. The average Bonchev–Trinajstić information content (AvgIpc) is 2.27. The van der Waals surface area contributed by atoms with Gasteiger partial charge in [-0.2, -0.15) is 0 Å². The Hall–Kier alpha value is -1.55. The average molecular weight is 222 g/mol. The van der Waals surface area contributed by atoms with Crippen molar-refractivity contribution >= 4 is 5.91 Å². The molecule has 0 spiro atoms. The summed E-state index contributed by atoms with van der Waals surface area (Å²) in [5.41, 5.74) is 1.05. The van der Waals surface area contributed by atoms with Crippen LogP contribution in [-0.4, -0.2) is 38.6 Å². The van der Waals surface area contributed by atoms with Crippen LogP contribution in [0.15, 0.2) is 24.3 Å². The maximum absolute atomic E-state index is 11.4. The van der Waals surface area contributed by atoms with Crippen LogP contribution in [0.4, 0.5) is 0 Å².